The molecule has 1 heterocycles. The lowest BCUT2D eigenvalue weighted by Gasteiger charge is -2.32. The number of carbonyl (C=O) groups is 1. The highest BCUT2D eigenvalue weighted by Gasteiger charge is 2.26. The van der Waals surface area contributed by atoms with Crippen molar-refractivity contribution in [1.29, 1.82) is 0 Å². The number of ether oxygens (including phenoxy) is 3. The average Bonchev–Trinajstić information content (AvgIpc) is 2.49. The number of carbonyl (C=O) groups excluding carboxylic acids is 1. The molecule has 2 atom stereocenters. The number of anilines is 2. The van der Waals surface area contributed by atoms with Gasteiger partial charge in [-0.2, -0.15) is 0 Å². The molecule has 6 heteroatoms. The lowest BCUT2D eigenvalue weighted by atomic mass is 10.1. The number of hydrogen-bond acceptors (Lipinski definition) is 6. The maximum absolute atomic E-state index is 11.5. The number of esters is 1. The first kappa shape index (κ1) is 14.6. The number of nitrogens with one attached hydrogen (secondary N) is 1. The van der Waals surface area contributed by atoms with Crippen molar-refractivity contribution >= 4 is 17.3 Å². The average molecular weight is 280 g/mol. The van der Waals surface area contributed by atoms with Gasteiger partial charge in [-0.25, -0.2) is 4.79 Å². The molecular formula is C14H20N2O4. The Morgan fingerprint density at radius 1 is 1.45 bits per heavy atom. The van der Waals surface area contributed by atoms with Crippen LogP contribution in [0.4, 0.5) is 11.4 Å². The zero-order valence-electron chi connectivity index (χ0n) is 11.7. The summed E-state index contributed by atoms with van der Waals surface area (Å²) < 4.78 is 15.6. The van der Waals surface area contributed by atoms with E-state index in [-0.39, 0.29) is 12.1 Å². The Balaban J connectivity index is 2.17. The largest absolute Gasteiger partial charge is 0.465 e. The Kier molecular flexibility index (Phi) is 4.81. The van der Waals surface area contributed by atoms with Gasteiger partial charge in [0.15, 0.2) is 0 Å². The van der Waals surface area contributed by atoms with Gasteiger partial charge in [-0.05, 0) is 24.6 Å². The van der Waals surface area contributed by atoms with Gasteiger partial charge in [-0.15, -0.1) is 0 Å². The molecule has 0 amide bonds. The highest BCUT2D eigenvalue weighted by Crippen LogP contribution is 2.24. The monoisotopic (exact) mass is 280 g/mol. The van der Waals surface area contributed by atoms with Crippen LogP contribution in [0.3, 0.4) is 0 Å². The molecule has 20 heavy (non-hydrogen) atoms. The Morgan fingerprint density at radius 3 is 2.95 bits per heavy atom. The van der Waals surface area contributed by atoms with E-state index in [0.717, 1.165) is 6.42 Å². The van der Waals surface area contributed by atoms with E-state index in [4.69, 9.17) is 19.9 Å². The molecule has 0 bridgehead atoms. The number of rotatable bonds is 4. The summed E-state index contributed by atoms with van der Waals surface area (Å²) in [5.41, 5.74) is 7.65. The lowest BCUT2D eigenvalue weighted by molar-refractivity contribution is -0.0199. The van der Waals surface area contributed by atoms with Crippen LogP contribution < -0.4 is 11.1 Å². The van der Waals surface area contributed by atoms with Gasteiger partial charge in [0, 0.05) is 13.7 Å². The van der Waals surface area contributed by atoms with Crippen LogP contribution >= 0.6 is 0 Å². The molecule has 1 aromatic carbocycles. The van der Waals surface area contributed by atoms with Crippen LogP contribution in [-0.4, -0.2) is 45.5 Å². The highest BCUT2D eigenvalue weighted by molar-refractivity contribution is 5.92. The van der Waals surface area contributed by atoms with Crippen LogP contribution in [0.1, 0.15) is 16.8 Å². The number of hydrogen-bond donors (Lipinski definition) is 2. The van der Waals surface area contributed by atoms with E-state index in [1.54, 1.807) is 25.3 Å². The summed E-state index contributed by atoms with van der Waals surface area (Å²) in [4.78, 5) is 11.5. The van der Waals surface area contributed by atoms with Crippen LogP contribution in [0.5, 0.6) is 0 Å². The summed E-state index contributed by atoms with van der Waals surface area (Å²) >= 11 is 0. The Labute approximate surface area is 118 Å². The minimum Gasteiger partial charge on any atom is -0.465 e. The van der Waals surface area contributed by atoms with Gasteiger partial charge in [-0.3, -0.25) is 0 Å². The summed E-state index contributed by atoms with van der Waals surface area (Å²) in [7, 11) is 3.03. The van der Waals surface area contributed by atoms with Crippen molar-refractivity contribution in [2.24, 2.45) is 0 Å². The second-order valence-corrected chi connectivity index (χ2v) is 4.68. The normalized spacial score (nSPS) is 22.3. The van der Waals surface area contributed by atoms with Gasteiger partial charge >= 0.3 is 5.97 Å². The van der Waals surface area contributed by atoms with Gasteiger partial charge in [0.2, 0.25) is 0 Å². The fourth-order valence-corrected chi connectivity index (χ4v) is 2.26. The van der Waals surface area contributed by atoms with Crippen LogP contribution in [0.25, 0.3) is 0 Å². The topological polar surface area (TPSA) is 82.8 Å². The zero-order chi connectivity index (χ0) is 14.5. The molecule has 2 rings (SSSR count). The van der Waals surface area contributed by atoms with Crippen molar-refractivity contribution in [1.82, 2.24) is 0 Å². The number of methoxy groups -OCH3 is 2. The van der Waals surface area contributed by atoms with E-state index >= 15 is 0 Å². The van der Waals surface area contributed by atoms with Gasteiger partial charge in [0.1, 0.15) is 0 Å². The zero-order valence-corrected chi connectivity index (χ0v) is 11.7. The first-order valence-electron chi connectivity index (χ1n) is 6.50. The van der Waals surface area contributed by atoms with Crippen LogP contribution in [0.15, 0.2) is 18.2 Å². The predicted molar refractivity (Wildman–Crippen MR) is 75.8 cm³/mol. The molecule has 0 saturated carbocycles. The third kappa shape index (κ3) is 3.20. The molecule has 0 unspecified atom stereocenters. The smallest absolute Gasteiger partial charge is 0.337 e. The predicted octanol–water partition coefficient (Wildman–Crippen LogP) is 1.27. The van der Waals surface area contributed by atoms with Crippen molar-refractivity contribution in [3.8, 4) is 0 Å². The maximum Gasteiger partial charge on any atom is 0.337 e. The van der Waals surface area contributed by atoms with Crippen LogP contribution in [0, 0.1) is 0 Å². The van der Waals surface area contributed by atoms with Crippen molar-refractivity contribution in [3.05, 3.63) is 23.8 Å². The highest BCUT2D eigenvalue weighted by atomic mass is 16.5. The molecule has 0 aliphatic carbocycles. The molecule has 1 aliphatic rings. The quantitative estimate of drug-likeness (QED) is 0.638. The summed E-state index contributed by atoms with van der Waals surface area (Å²) in [5, 5.41) is 3.29. The van der Waals surface area contributed by atoms with E-state index in [1.807, 2.05) is 0 Å². The summed E-state index contributed by atoms with van der Waals surface area (Å²) in [5.74, 6) is -0.392. The molecule has 1 aromatic rings. The van der Waals surface area contributed by atoms with Crippen molar-refractivity contribution in [3.63, 3.8) is 0 Å². The number of nitrogens with two attached hydrogens (primary N) is 1. The van der Waals surface area contributed by atoms with E-state index in [1.165, 1.54) is 7.11 Å². The molecule has 0 aromatic heterocycles. The first-order chi connectivity index (χ1) is 9.65. The molecule has 1 saturated heterocycles. The Hall–Kier alpha value is -1.79. The lowest BCUT2D eigenvalue weighted by Crippen LogP contribution is -2.43. The van der Waals surface area contributed by atoms with Crippen LogP contribution in [0.2, 0.25) is 0 Å². The Bertz CT molecular complexity index is 478. The third-order valence-electron chi connectivity index (χ3n) is 3.41. The fraction of sp³-hybridized carbons (Fsp3) is 0.500. The van der Waals surface area contributed by atoms with Gasteiger partial charge < -0.3 is 25.3 Å². The molecular weight excluding hydrogens is 260 g/mol. The fourth-order valence-electron chi connectivity index (χ4n) is 2.26. The number of benzene rings is 1. The van der Waals surface area contributed by atoms with Crippen molar-refractivity contribution < 1.29 is 19.0 Å². The molecule has 1 aliphatic heterocycles. The second-order valence-electron chi connectivity index (χ2n) is 4.68. The van der Waals surface area contributed by atoms with Crippen molar-refractivity contribution in [2.75, 3.05) is 38.5 Å². The van der Waals surface area contributed by atoms with E-state index in [0.29, 0.717) is 30.2 Å². The van der Waals surface area contributed by atoms with Gasteiger partial charge in [0.05, 0.1) is 42.8 Å². The summed E-state index contributed by atoms with van der Waals surface area (Å²) in [6, 6.07) is 5.00. The molecule has 110 valence electrons. The SMILES string of the molecule is COC(=O)c1ccc(N)c(N[C@@H]2COCC[C@@H]2OC)c1. The Morgan fingerprint density at radius 2 is 2.25 bits per heavy atom. The first-order valence-corrected chi connectivity index (χ1v) is 6.50. The van der Waals surface area contributed by atoms with Crippen LogP contribution in [-0.2, 0) is 14.2 Å². The van der Waals surface area contributed by atoms with Gasteiger partial charge in [0.25, 0.3) is 0 Å². The maximum atomic E-state index is 11.5. The minimum atomic E-state index is -0.392. The van der Waals surface area contributed by atoms with E-state index in [9.17, 15) is 4.79 Å². The standard InChI is InChI=1S/C14H20N2O4/c1-18-13-5-6-20-8-12(13)16-11-7-9(14(17)19-2)3-4-10(11)15/h3-4,7,12-13,16H,5-6,8,15H2,1-2H3/t12-,13+/m1/s1. The van der Waals surface area contributed by atoms with E-state index < -0.39 is 5.97 Å². The molecule has 6 nitrogen and oxygen atoms in total. The molecule has 0 spiro atoms. The third-order valence-corrected chi connectivity index (χ3v) is 3.41. The number of nitrogen functional groups attached to an aromatic ring is 1. The molecule has 0 radical (unpaired) electrons. The van der Waals surface area contributed by atoms with E-state index in [2.05, 4.69) is 5.32 Å². The second kappa shape index (κ2) is 6.58. The molecule has 1 fully saturated rings. The minimum absolute atomic E-state index is 0.00365. The summed E-state index contributed by atoms with van der Waals surface area (Å²) in [6.45, 7) is 1.23. The molecule has 3 N–H and O–H groups in total. The van der Waals surface area contributed by atoms with Gasteiger partial charge in [-0.1, -0.05) is 0 Å². The summed E-state index contributed by atoms with van der Waals surface area (Å²) in [6.07, 6.45) is 0.884. The van der Waals surface area contributed by atoms with Crippen molar-refractivity contribution in [2.45, 2.75) is 18.6 Å².